The van der Waals surface area contributed by atoms with Crippen LogP contribution >= 0.6 is 11.3 Å². The Bertz CT molecular complexity index is 405. The maximum absolute atomic E-state index is 12.9. The smallest absolute Gasteiger partial charge is 0.354 e. The van der Waals surface area contributed by atoms with E-state index in [1.54, 1.807) is 6.07 Å². The first-order chi connectivity index (χ1) is 8.47. The van der Waals surface area contributed by atoms with Crippen molar-refractivity contribution in [3.63, 3.8) is 0 Å². The third-order valence-electron chi connectivity index (χ3n) is 2.88. The highest BCUT2D eigenvalue weighted by atomic mass is 32.1. The standard InChI is InChI=1S/C11H13F3N2OS/c12-11(13,14)9-6-15-10(17)3-4-16(9)7-8-2-1-5-18-8/h1-2,5,9H,3-4,6-7H2,(H,15,17). The Balaban J connectivity index is 2.14. The Morgan fingerprint density at radius 2 is 2.28 bits per heavy atom. The average Bonchev–Trinajstić information content (AvgIpc) is 2.69. The van der Waals surface area contributed by atoms with Gasteiger partial charge in [-0.15, -0.1) is 11.3 Å². The SMILES string of the molecule is O=C1CCN(Cc2cccs2)C(C(F)(F)F)CN1. The number of thiophene rings is 1. The molecular weight excluding hydrogens is 265 g/mol. The Morgan fingerprint density at radius 3 is 2.89 bits per heavy atom. The second-order valence-corrected chi connectivity index (χ2v) is 5.19. The van der Waals surface area contributed by atoms with E-state index in [1.165, 1.54) is 16.2 Å². The molecule has 1 fully saturated rings. The summed E-state index contributed by atoms with van der Waals surface area (Å²) in [6, 6.07) is 2.01. The van der Waals surface area contributed by atoms with E-state index in [0.717, 1.165) is 4.88 Å². The fourth-order valence-electron chi connectivity index (χ4n) is 1.94. The van der Waals surface area contributed by atoms with E-state index < -0.39 is 12.2 Å². The summed E-state index contributed by atoms with van der Waals surface area (Å²) in [7, 11) is 0. The van der Waals surface area contributed by atoms with Crippen molar-refractivity contribution in [2.45, 2.75) is 25.2 Å². The first-order valence-electron chi connectivity index (χ1n) is 5.56. The van der Waals surface area contributed by atoms with Crippen LogP contribution < -0.4 is 5.32 Å². The van der Waals surface area contributed by atoms with Crippen molar-refractivity contribution in [1.82, 2.24) is 10.2 Å². The molecule has 1 amide bonds. The fraction of sp³-hybridized carbons (Fsp3) is 0.545. The van der Waals surface area contributed by atoms with Gasteiger partial charge < -0.3 is 5.32 Å². The van der Waals surface area contributed by atoms with Crippen LogP contribution in [0.1, 0.15) is 11.3 Å². The van der Waals surface area contributed by atoms with Crippen LogP contribution in [0.2, 0.25) is 0 Å². The topological polar surface area (TPSA) is 32.3 Å². The van der Waals surface area contributed by atoms with E-state index in [4.69, 9.17) is 0 Å². The molecule has 0 aliphatic carbocycles. The van der Waals surface area contributed by atoms with E-state index in [9.17, 15) is 18.0 Å². The zero-order chi connectivity index (χ0) is 13.2. The van der Waals surface area contributed by atoms with Gasteiger partial charge in [-0.1, -0.05) is 6.07 Å². The molecule has 1 aromatic heterocycles. The Hall–Kier alpha value is -1.08. The molecule has 1 aromatic rings. The normalized spacial score (nSPS) is 22.6. The minimum absolute atomic E-state index is 0.109. The lowest BCUT2D eigenvalue weighted by molar-refractivity contribution is -0.182. The molecule has 0 bridgehead atoms. The molecular formula is C11H13F3N2OS. The zero-order valence-electron chi connectivity index (χ0n) is 9.54. The Morgan fingerprint density at radius 1 is 1.50 bits per heavy atom. The molecule has 0 radical (unpaired) electrons. The van der Waals surface area contributed by atoms with Crippen molar-refractivity contribution in [1.29, 1.82) is 0 Å². The summed E-state index contributed by atoms with van der Waals surface area (Å²) in [5.74, 6) is -0.321. The van der Waals surface area contributed by atoms with Crippen LogP contribution in [-0.4, -0.2) is 36.1 Å². The highest BCUT2D eigenvalue weighted by molar-refractivity contribution is 7.09. The van der Waals surface area contributed by atoms with Gasteiger partial charge in [0.1, 0.15) is 6.04 Å². The van der Waals surface area contributed by atoms with Crippen molar-refractivity contribution >= 4 is 17.2 Å². The fourth-order valence-corrected chi connectivity index (χ4v) is 2.67. The van der Waals surface area contributed by atoms with E-state index in [0.29, 0.717) is 0 Å². The molecule has 18 heavy (non-hydrogen) atoms. The Kier molecular flexibility index (Phi) is 3.91. The van der Waals surface area contributed by atoms with E-state index in [-0.39, 0.29) is 32.0 Å². The molecule has 100 valence electrons. The number of nitrogens with zero attached hydrogens (tertiary/aromatic N) is 1. The summed E-state index contributed by atoms with van der Waals surface area (Å²) in [6.45, 7) is -0.00157. The largest absolute Gasteiger partial charge is 0.405 e. The molecule has 0 spiro atoms. The summed E-state index contributed by atoms with van der Waals surface area (Å²) < 4.78 is 38.8. The predicted molar refractivity (Wildman–Crippen MR) is 62.2 cm³/mol. The lowest BCUT2D eigenvalue weighted by Crippen LogP contribution is -2.49. The molecule has 2 rings (SSSR count). The second-order valence-electron chi connectivity index (χ2n) is 4.16. The number of carbonyl (C=O) groups is 1. The van der Waals surface area contributed by atoms with Crippen LogP contribution in [-0.2, 0) is 11.3 Å². The van der Waals surface area contributed by atoms with Gasteiger partial charge in [0.15, 0.2) is 0 Å². The van der Waals surface area contributed by atoms with E-state index >= 15 is 0 Å². The van der Waals surface area contributed by atoms with Crippen LogP contribution in [0, 0.1) is 0 Å². The van der Waals surface area contributed by atoms with Crippen LogP contribution in [0.4, 0.5) is 13.2 Å². The summed E-state index contributed by atoms with van der Waals surface area (Å²) in [5.41, 5.74) is 0. The molecule has 0 saturated carbocycles. The van der Waals surface area contributed by atoms with Gasteiger partial charge in [-0.3, -0.25) is 9.69 Å². The number of halogens is 3. The number of hydrogen-bond donors (Lipinski definition) is 1. The van der Waals surface area contributed by atoms with Crippen molar-refractivity contribution in [2.75, 3.05) is 13.1 Å². The molecule has 0 aromatic carbocycles. The van der Waals surface area contributed by atoms with Crippen molar-refractivity contribution in [2.24, 2.45) is 0 Å². The number of amides is 1. The molecule has 1 N–H and O–H groups in total. The first-order valence-corrected chi connectivity index (χ1v) is 6.44. The summed E-state index contributed by atoms with van der Waals surface area (Å²) >= 11 is 1.42. The third-order valence-corrected chi connectivity index (χ3v) is 3.74. The highest BCUT2D eigenvalue weighted by Crippen LogP contribution is 2.27. The van der Waals surface area contributed by atoms with Gasteiger partial charge in [0, 0.05) is 30.9 Å². The summed E-state index contributed by atoms with van der Waals surface area (Å²) in [6.07, 6.45) is -4.22. The van der Waals surface area contributed by atoms with Gasteiger partial charge in [0.25, 0.3) is 0 Å². The highest BCUT2D eigenvalue weighted by Gasteiger charge is 2.44. The van der Waals surface area contributed by atoms with Crippen LogP contribution in [0.15, 0.2) is 17.5 Å². The number of nitrogens with one attached hydrogen (secondary N) is 1. The van der Waals surface area contributed by atoms with Gasteiger partial charge >= 0.3 is 6.18 Å². The quantitative estimate of drug-likeness (QED) is 0.897. The summed E-state index contributed by atoms with van der Waals surface area (Å²) in [5, 5.41) is 4.15. The zero-order valence-corrected chi connectivity index (χ0v) is 10.4. The maximum atomic E-state index is 12.9. The maximum Gasteiger partial charge on any atom is 0.405 e. The number of rotatable bonds is 2. The van der Waals surface area contributed by atoms with E-state index in [2.05, 4.69) is 5.32 Å². The lowest BCUT2D eigenvalue weighted by Gasteiger charge is -2.30. The average molecular weight is 278 g/mol. The number of alkyl halides is 3. The van der Waals surface area contributed by atoms with Gasteiger partial charge in [0.2, 0.25) is 5.91 Å². The Labute approximate surface area is 107 Å². The van der Waals surface area contributed by atoms with E-state index in [1.807, 2.05) is 11.4 Å². The minimum Gasteiger partial charge on any atom is -0.354 e. The minimum atomic E-state index is -4.32. The molecule has 7 heteroatoms. The van der Waals surface area contributed by atoms with Crippen LogP contribution in [0.25, 0.3) is 0 Å². The van der Waals surface area contributed by atoms with Crippen molar-refractivity contribution < 1.29 is 18.0 Å². The lowest BCUT2D eigenvalue weighted by atomic mass is 10.2. The molecule has 1 saturated heterocycles. The molecule has 2 heterocycles. The number of hydrogen-bond acceptors (Lipinski definition) is 3. The predicted octanol–water partition coefficient (Wildman–Crippen LogP) is 2.00. The molecule has 1 unspecified atom stereocenters. The molecule has 3 nitrogen and oxygen atoms in total. The van der Waals surface area contributed by atoms with Crippen molar-refractivity contribution in [3.8, 4) is 0 Å². The molecule has 1 aliphatic rings. The monoisotopic (exact) mass is 278 g/mol. The number of carbonyl (C=O) groups excluding carboxylic acids is 1. The molecule has 1 atom stereocenters. The molecule has 1 aliphatic heterocycles. The second kappa shape index (κ2) is 5.27. The van der Waals surface area contributed by atoms with Crippen LogP contribution in [0.5, 0.6) is 0 Å². The first kappa shape index (κ1) is 13.4. The summed E-state index contributed by atoms with van der Waals surface area (Å²) in [4.78, 5) is 13.4. The van der Waals surface area contributed by atoms with Crippen molar-refractivity contribution in [3.05, 3.63) is 22.4 Å². The van der Waals surface area contributed by atoms with Gasteiger partial charge in [-0.25, -0.2) is 0 Å². The third kappa shape index (κ3) is 3.23. The van der Waals surface area contributed by atoms with Gasteiger partial charge in [-0.2, -0.15) is 13.2 Å². The van der Waals surface area contributed by atoms with Gasteiger partial charge in [-0.05, 0) is 11.4 Å². The van der Waals surface area contributed by atoms with Gasteiger partial charge in [0.05, 0.1) is 0 Å². The van der Waals surface area contributed by atoms with Crippen LogP contribution in [0.3, 0.4) is 0 Å².